The molecule has 1 aromatic heterocycles. The van der Waals surface area contributed by atoms with Gasteiger partial charge in [0.05, 0.1) is 5.56 Å². The first kappa shape index (κ1) is 16.0. The Morgan fingerprint density at radius 1 is 1.39 bits per heavy atom. The van der Waals surface area contributed by atoms with Gasteiger partial charge in [0.15, 0.2) is 0 Å². The number of nitrogens with zero attached hydrogens (tertiary/aromatic N) is 2. The van der Waals surface area contributed by atoms with Gasteiger partial charge >= 0.3 is 0 Å². The molecule has 120 valence electrons. The Kier molecular flexibility index (Phi) is 4.93. The second kappa shape index (κ2) is 7.10. The van der Waals surface area contributed by atoms with E-state index in [1.165, 1.54) is 0 Å². The number of ether oxygens (including phenoxy) is 1. The second-order valence-electron chi connectivity index (χ2n) is 5.47. The highest BCUT2D eigenvalue weighted by atomic mass is 79.9. The van der Waals surface area contributed by atoms with E-state index >= 15 is 0 Å². The fourth-order valence-corrected chi connectivity index (χ4v) is 3.11. The van der Waals surface area contributed by atoms with E-state index in [-0.39, 0.29) is 11.9 Å². The minimum absolute atomic E-state index is 0.0144. The molecule has 2 N–H and O–H groups in total. The van der Waals surface area contributed by atoms with Gasteiger partial charge in [-0.15, -0.1) is 0 Å². The molecule has 0 aliphatic carbocycles. The molecule has 2 aromatic rings. The highest BCUT2D eigenvalue weighted by Crippen LogP contribution is 2.24. The third-order valence-electron chi connectivity index (χ3n) is 3.91. The van der Waals surface area contributed by atoms with Crippen molar-refractivity contribution in [2.24, 2.45) is 5.73 Å². The molecule has 1 amide bonds. The summed E-state index contributed by atoms with van der Waals surface area (Å²) in [4.78, 5) is 18.6. The molecule has 23 heavy (non-hydrogen) atoms. The van der Waals surface area contributed by atoms with E-state index in [0.29, 0.717) is 23.7 Å². The van der Waals surface area contributed by atoms with Gasteiger partial charge < -0.3 is 15.4 Å². The number of pyridine rings is 1. The van der Waals surface area contributed by atoms with Crippen LogP contribution in [0.2, 0.25) is 0 Å². The van der Waals surface area contributed by atoms with Crippen molar-refractivity contribution in [3.8, 4) is 11.6 Å². The van der Waals surface area contributed by atoms with Crippen molar-refractivity contribution in [1.29, 1.82) is 0 Å². The maximum atomic E-state index is 12.5. The Labute approximate surface area is 143 Å². The van der Waals surface area contributed by atoms with Crippen LogP contribution in [0.25, 0.3) is 0 Å². The topological polar surface area (TPSA) is 68.5 Å². The number of aromatic nitrogens is 1. The minimum atomic E-state index is -0.0144. The van der Waals surface area contributed by atoms with Crippen LogP contribution in [0, 0.1) is 0 Å². The quantitative estimate of drug-likeness (QED) is 0.890. The van der Waals surface area contributed by atoms with Crippen molar-refractivity contribution in [1.82, 2.24) is 9.88 Å². The van der Waals surface area contributed by atoms with Crippen LogP contribution in [0.15, 0.2) is 47.1 Å². The molecule has 1 fully saturated rings. The zero-order valence-electron chi connectivity index (χ0n) is 12.6. The van der Waals surface area contributed by atoms with Gasteiger partial charge in [-0.3, -0.25) is 4.79 Å². The number of hydrogen-bond donors (Lipinski definition) is 1. The maximum absolute atomic E-state index is 12.5. The molecule has 0 saturated carbocycles. The van der Waals surface area contributed by atoms with Gasteiger partial charge in [-0.25, -0.2) is 4.98 Å². The summed E-state index contributed by atoms with van der Waals surface area (Å²) >= 11 is 3.40. The lowest BCUT2D eigenvalue weighted by Gasteiger charge is -2.23. The third kappa shape index (κ3) is 3.71. The normalized spacial score (nSPS) is 17.3. The van der Waals surface area contributed by atoms with Crippen molar-refractivity contribution < 1.29 is 9.53 Å². The number of hydrogen-bond acceptors (Lipinski definition) is 4. The van der Waals surface area contributed by atoms with Crippen LogP contribution in [-0.4, -0.2) is 34.9 Å². The molecular formula is C17H18BrN3O2. The Balaban J connectivity index is 1.70. The van der Waals surface area contributed by atoms with Crippen LogP contribution in [-0.2, 0) is 0 Å². The molecular weight excluding hydrogens is 358 g/mol. The lowest BCUT2D eigenvalue weighted by atomic mass is 10.2. The van der Waals surface area contributed by atoms with Gasteiger partial charge in [-0.05, 0) is 37.1 Å². The van der Waals surface area contributed by atoms with Crippen LogP contribution < -0.4 is 10.5 Å². The van der Waals surface area contributed by atoms with E-state index in [9.17, 15) is 4.79 Å². The highest BCUT2D eigenvalue weighted by molar-refractivity contribution is 9.10. The van der Waals surface area contributed by atoms with Crippen LogP contribution in [0.1, 0.15) is 23.2 Å². The minimum Gasteiger partial charge on any atom is -0.439 e. The number of amides is 1. The van der Waals surface area contributed by atoms with Crippen LogP contribution >= 0.6 is 15.9 Å². The van der Waals surface area contributed by atoms with Crippen molar-refractivity contribution in [2.75, 3.05) is 13.1 Å². The number of likely N-dealkylation sites (tertiary alicyclic amines) is 1. The fraction of sp³-hybridized carbons (Fsp3) is 0.294. The lowest BCUT2D eigenvalue weighted by molar-refractivity contribution is 0.0740. The number of carbonyl (C=O) groups excluding carboxylic acids is 1. The number of nitrogens with two attached hydrogens (primary N) is 1. The van der Waals surface area contributed by atoms with Crippen LogP contribution in [0.4, 0.5) is 0 Å². The van der Waals surface area contributed by atoms with Crippen molar-refractivity contribution >= 4 is 21.8 Å². The zero-order chi connectivity index (χ0) is 16.2. The molecule has 0 bridgehead atoms. The van der Waals surface area contributed by atoms with Crippen LogP contribution in [0.3, 0.4) is 0 Å². The summed E-state index contributed by atoms with van der Waals surface area (Å²) in [5, 5.41) is 0. The molecule has 2 heterocycles. The number of halogens is 1. The standard InChI is InChI=1S/C17H18BrN3O2/c18-13-3-1-5-15(9-13)23-16-7-6-12(11-20-16)17(22)21-8-2-4-14(21)10-19/h1,3,5-7,9,11,14H,2,4,8,10,19H2/t14-/m1/s1. The van der Waals surface area contributed by atoms with Gasteiger partial charge in [-0.2, -0.15) is 0 Å². The SMILES string of the molecule is NC[C@H]1CCCN1C(=O)c1ccc(Oc2cccc(Br)c2)nc1. The van der Waals surface area contributed by atoms with E-state index in [4.69, 9.17) is 10.5 Å². The molecule has 3 rings (SSSR count). The monoisotopic (exact) mass is 375 g/mol. The van der Waals surface area contributed by atoms with Gasteiger partial charge in [0.2, 0.25) is 5.88 Å². The predicted molar refractivity (Wildman–Crippen MR) is 91.6 cm³/mol. The molecule has 1 aromatic carbocycles. The van der Waals surface area contributed by atoms with E-state index in [1.807, 2.05) is 29.2 Å². The molecule has 1 atom stereocenters. The summed E-state index contributed by atoms with van der Waals surface area (Å²) < 4.78 is 6.61. The highest BCUT2D eigenvalue weighted by Gasteiger charge is 2.28. The number of carbonyl (C=O) groups is 1. The smallest absolute Gasteiger partial charge is 0.255 e. The first-order valence-corrected chi connectivity index (χ1v) is 8.37. The lowest BCUT2D eigenvalue weighted by Crippen LogP contribution is -2.39. The molecule has 0 radical (unpaired) electrons. The fourth-order valence-electron chi connectivity index (χ4n) is 2.73. The third-order valence-corrected chi connectivity index (χ3v) is 4.41. The average molecular weight is 376 g/mol. The number of benzene rings is 1. The summed E-state index contributed by atoms with van der Waals surface area (Å²) in [6, 6.07) is 11.1. The zero-order valence-corrected chi connectivity index (χ0v) is 14.2. The Hall–Kier alpha value is -1.92. The molecule has 6 heteroatoms. The van der Waals surface area contributed by atoms with Gasteiger partial charge in [0.25, 0.3) is 5.91 Å². The average Bonchev–Trinajstić information content (AvgIpc) is 3.03. The van der Waals surface area contributed by atoms with Gasteiger partial charge in [-0.1, -0.05) is 22.0 Å². The number of rotatable bonds is 4. The van der Waals surface area contributed by atoms with E-state index in [1.54, 1.807) is 18.3 Å². The largest absolute Gasteiger partial charge is 0.439 e. The summed E-state index contributed by atoms with van der Waals surface area (Å²) in [6.07, 6.45) is 3.53. The van der Waals surface area contributed by atoms with E-state index in [2.05, 4.69) is 20.9 Å². The van der Waals surface area contributed by atoms with E-state index in [0.717, 1.165) is 23.9 Å². The van der Waals surface area contributed by atoms with Crippen LogP contribution in [0.5, 0.6) is 11.6 Å². The first-order valence-electron chi connectivity index (χ1n) is 7.58. The Morgan fingerprint density at radius 2 is 2.26 bits per heavy atom. The summed E-state index contributed by atoms with van der Waals surface area (Å²) in [6.45, 7) is 1.26. The Morgan fingerprint density at radius 3 is 2.96 bits per heavy atom. The molecule has 1 aliphatic rings. The van der Waals surface area contributed by atoms with E-state index < -0.39 is 0 Å². The summed E-state index contributed by atoms with van der Waals surface area (Å²) in [5.74, 6) is 1.13. The molecule has 1 aliphatic heterocycles. The molecule has 5 nitrogen and oxygen atoms in total. The van der Waals surface area contributed by atoms with Gasteiger partial charge in [0.1, 0.15) is 5.75 Å². The molecule has 0 unspecified atom stereocenters. The molecule has 1 saturated heterocycles. The molecule has 0 spiro atoms. The van der Waals surface area contributed by atoms with Crippen molar-refractivity contribution in [3.63, 3.8) is 0 Å². The maximum Gasteiger partial charge on any atom is 0.255 e. The van der Waals surface area contributed by atoms with Crippen molar-refractivity contribution in [2.45, 2.75) is 18.9 Å². The second-order valence-corrected chi connectivity index (χ2v) is 6.39. The first-order chi connectivity index (χ1) is 11.2. The van der Waals surface area contributed by atoms with Crippen molar-refractivity contribution in [3.05, 3.63) is 52.6 Å². The van der Waals surface area contributed by atoms with Gasteiger partial charge in [0, 0.05) is 35.9 Å². The Bertz CT molecular complexity index is 690. The predicted octanol–water partition coefficient (Wildman–Crippen LogP) is 3.20. The summed E-state index contributed by atoms with van der Waals surface area (Å²) in [7, 11) is 0. The summed E-state index contributed by atoms with van der Waals surface area (Å²) in [5.41, 5.74) is 6.29.